The number of hydrogen-bond donors (Lipinski definition) is 11. The quantitative estimate of drug-likeness (QED) is 0.0374. The standard InChI is InChI=1S/C69H89N5O9/c1-4-38-36-73-60(70)35-50(38)49(41-14-13-39-11-7-8-12-40(39)27-41)34-55(77)54(76)28-43-19-24-68(58(79)17-15-42-29-57(83-3)56(78)33-48(42)43)25-20-44(30-59(68)80)62-47(16-18-61(81)82)66-65-63-51(46-21-26-72-67(46)64(65)52(62)37-71-5-2)31-45(75)32-53(63)74-69(66)22-9-6-10-23-69/h7-8,11-14,21,26-27,29,33,35,43-44,47,49,51-55,59,61-66,71-74,76-78,80-82H,4-6,9-10,15-18,20,22-23,25,28,30-32,34,36-37,70H2,1-3H3/t43-,44+,47+,49-,51+,52+,53-,54+,55-,59-,62-,63-,64-,65+,66+,68-/m1/s1. The fourth-order valence-electron chi connectivity index (χ4n) is 18.8. The number of aromatic hydroxyl groups is 1. The molecule has 0 amide bonds. The van der Waals surface area contributed by atoms with Crippen LogP contribution in [0.25, 0.3) is 10.8 Å². The van der Waals surface area contributed by atoms with Gasteiger partial charge in [-0.15, -0.1) is 0 Å². The summed E-state index contributed by atoms with van der Waals surface area (Å²) >= 11 is 0. The number of aromatic amines is 1. The van der Waals surface area contributed by atoms with Gasteiger partial charge < -0.3 is 62.0 Å². The van der Waals surface area contributed by atoms with Gasteiger partial charge in [0.15, 0.2) is 23.6 Å². The van der Waals surface area contributed by atoms with Crippen molar-refractivity contribution in [3.63, 3.8) is 0 Å². The third-order valence-corrected chi connectivity index (χ3v) is 22.4. The third-order valence-electron chi connectivity index (χ3n) is 22.4. The first-order chi connectivity index (χ1) is 40.1. The molecule has 1 aromatic heterocycles. The fourth-order valence-corrected chi connectivity index (χ4v) is 18.8. The van der Waals surface area contributed by atoms with E-state index in [9.17, 15) is 35.4 Å². The lowest BCUT2D eigenvalue weighted by Crippen LogP contribution is -2.74. The van der Waals surface area contributed by atoms with Gasteiger partial charge >= 0.3 is 0 Å². The molecule has 0 radical (unpaired) electrons. The summed E-state index contributed by atoms with van der Waals surface area (Å²) in [6.45, 7) is 6.36. The van der Waals surface area contributed by atoms with Gasteiger partial charge in [0.05, 0.1) is 31.2 Å². The van der Waals surface area contributed by atoms with Gasteiger partial charge in [-0.25, -0.2) is 0 Å². The number of H-pyrrole nitrogens is 1. The van der Waals surface area contributed by atoms with Gasteiger partial charge in [0.25, 0.3) is 0 Å². The Hall–Kier alpha value is -5.50. The maximum atomic E-state index is 15.3. The lowest BCUT2D eigenvalue weighted by Gasteiger charge is -2.69. The Bertz CT molecular complexity index is 3190. The topological polar surface area (TPSA) is 243 Å². The maximum Gasteiger partial charge on any atom is 0.160 e. The number of piperidine rings is 1. The van der Waals surface area contributed by atoms with Crippen LogP contribution >= 0.6 is 0 Å². The minimum atomic E-state index is -1.47. The number of benzene rings is 3. The second kappa shape index (κ2) is 23.8. The first kappa shape index (κ1) is 57.9. The number of carbonyl (C=O) groups is 2. The predicted molar refractivity (Wildman–Crippen MR) is 320 cm³/mol. The number of nitrogens with one attached hydrogen (secondary N) is 4. The Balaban J connectivity index is 0.897. The van der Waals surface area contributed by atoms with Gasteiger partial charge in [0.1, 0.15) is 11.2 Å². The van der Waals surface area contributed by atoms with Crippen molar-refractivity contribution in [1.29, 1.82) is 0 Å². The molecular weight excluding hydrogens is 1040 g/mol. The van der Waals surface area contributed by atoms with Crippen LogP contribution in [0.4, 0.5) is 0 Å². The number of dihydropyridines is 1. The minimum Gasteiger partial charge on any atom is -0.504 e. The number of phenolic OH excluding ortho intramolecular Hbond substituents is 1. The zero-order valence-electron chi connectivity index (χ0n) is 48.8. The van der Waals surface area contributed by atoms with Crippen LogP contribution in [-0.2, 0) is 16.0 Å². The molecule has 12 N–H and O–H groups in total. The highest BCUT2D eigenvalue weighted by atomic mass is 16.5. The predicted octanol–water partition coefficient (Wildman–Crippen LogP) is 8.36. The second-order valence-electron chi connectivity index (χ2n) is 26.5. The molecular formula is C69H89N5O9. The molecule has 444 valence electrons. The Kier molecular flexibility index (Phi) is 16.6. The van der Waals surface area contributed by atoms with E-state index in [0.717, 1.165) is 79.1 Å². The number of allylic oxidation sites excluding steroid dienone is 2. The highest BCUT2D eigenvalue weighted by molar-refractivity contribution is 5.89. The van der Waals surface area contributed by atoms with E-state index in [-0.39, 0.29) is 120 Å². The SMILES string of the molecule is CCNC[C@@H]1[C@H]2c3[nH]ccc3[C@@H]3CC(=O)C[C@H]4NC5(CCCCC5)[C@@H]([C@@H](CCC(O)O)[C@H]1[C@H]1CC[C@@]5(C#C[C@H](C[C@H](O)[C@H](O)C[C@@H](C6=C(CC)CNC(N)=C6)c6ccc7ccccc7c6)c6cc(O)c(OC)cc6CCC5=O)[C@H](O)C1)[C@H]2[C@@H]43. The number of ketones is 2. The number of hydrogen-bond acceptors (Lipinski definition) is 13. The van der Waals surface area contributed by atoms with E-state index in [1.807, 2.05) is 18.2 Å². The summed E-state index contributed by atoms with van der Waals surface area (Å²) in [5.74, 6) is 8.00. The van der Waals surface area contributed by atoms with E-state index in [2.05, 4.69) is 89.2 Å². The molecule has 0 bridgehead atoms. The smallest absolute Gasteiger partial charge is 0.160 e. The average Bonchev–Trinajstić information content (AvgIpc) is 3.66. The van der Waals surface area contributed by atoms with Crippen LogP contribution in [-0.4, -0.2) is 110 Å². The highest BCUT2D eigenvalue weighted by Crippen LogP contribution is 2.69. The van der Waals surface area contributed by atoms with Gasteiger partial charge in [-0.1, -0.05) is 87.4 Å². The molecule has 12 rings (SSSR count). The molecule has 1 saturated heterocycles. The van der Waals surface area contributed by atoms with Crippen LogP contribution in [0.15, 0.2) is 89.9 Å². The molecule has 4 saturated carbocycles. The van der Waals surface area contributed by atoms with E-state index in [1.54, 1.807) is 12.1 Å². The summed E-state index contributed by atoms with van der Waals surface area (Å²) in [4.78, 5) is 32.8. The summed E-state index contributed by atoms with van der Waals surface area (Å²) < 4.78 is 5.62. The molecule has 83 heavy (non-hydrogen) atoms. The molecule has 4 aromatic rings. The normalized spacial score (nSPS) is 32.9. The van der Waals surface area contributed by atoms with Crippen molar-refractivity contribution in [3.8, 4) is 23.3 Å². The molecule has 14 nitrogen and oxygen atoms in total. The number of aryl methyl sites for hydroxylation is 1. The lowest BCUT2D eigenvalue weighted by atomic mass is 9.39. The van der Waals surface area contributed by atoms with Gasteiger partial charge in [-0.2, -0.15) is 0 Å². The summed E-state index contributed by atoms with van der Waals surface area (Å²) in [5, 5.41) is 84.4. The number of aliphatic hydroxyl groups is 5. The van der Waals surface area contributed by atoms with E-state index < -0.39 is 35.9 Å². The Morgan fingerprint density at radius 2 is 1.70 bits per heavy atom. The number of Topliss-reactive ketones (excluding diaryl/α,β-unsaturated/α-hetero) is 2. The molecule has 3 heterocycles. The largest absolute Gasteiger partial charge is 0.504 e. The number of nitrogens with two attached hydrogens (primary N) is 1. The van der Waals surface area contributed by atoms with Crippen molar-refractivity contribution in [3.05, 3.63) is 118 Å². The number of aliphatic hydroxyl groups excluding tert-OH is 4. The Morgan fingerprint density at radius 1 is 0.892 bits per heavy atom. The van der Waals surface area contributed by atoms with Crippen molar-refractivity contribution in [2.45, 2.75) is 183 Å². The van der Waals surface area contributed by atoms with Gasteiger partial charge in [0, 0.05) is 67.0 Å². The highest BCUT2D eigenvalue weighted by Gasteiger charge is 2.68. The van der Waals surface area contributed by atoms with E-state index in [0.29, 0.717) is 62.2 Å². The average molecular weight is 1130 g/mol. The van der Waals surface area contributed by atoms with Crippen molar-refractivity contribution in [2.75, 3.05) is 26.7 Å². The molecule has 16 atom stereocenters. The summed E-state index contributed by atoms with van der Waals surface area (Å²) in [7, 11) is 1.49. The third kappa shape index (κ3) is 10.6. The van der Waals surface area contributed by atoms with E-state index in [1.165, 1.54) is 23.9 Å². The van der Waals surface area contributed by atoms with Crippen LogP contribution in [0.2, 0.25) is 0 Å². The van der Waals surface area contributed by atoms with E-state index in [4.69, 9.17) is 10.5 Å². The van der Waals surface area contributed by atoms with Crippen molar-refractivity contribution in [2.24, 2.45) is 52.6 Å². The number of carbonyl (C=O) groups excluding carboxylic acids is 2. The molecule has 2 aliphatic heterocycles. The molecule has 3 aromatic carbocycles. The summed E-state index contributed by atoms with van der Waals surface area (Å²) in [6.07, 6.45) is 8.86. The Morgan fingerprint density at radius 3 is 2.46 bits per heavy atom. The molecule has 14 heteroatoms. The molecule has 6 aliphatic carbocycles. The van der Waals surface area contributed by atoms with Crippen molar-refractivity contribution in [1.82, 2.24) is 20.9 Å². The van der Waals surface area contributed by atoms with Crippen LogP contribution in [0.1, 0.15) is 168 Å². The zero-order chi connectivity index (χ0) is 57.9. The van der Waals surface area contributed by atoms with Gasteiger partial charge in [-0.05, 0) is 200 Å². The molecule has 8 aliphatic rings. The second-order valence-corrected chi connectivity index (χ2v) is 26.5. The van der Waals surface area contributed by atoms with Crippen LogP contribution in [0.5, 0.6) is 11.5 Å². The number of fused-ring (bicyclic) bond motifs is 6. The fraction of sp³-hybridized carbons (Fsp3) is 0.594. The van der Waals surface area contributed by atoms with E-state index >= 15 is 4.79 Å². The van der Waals surface area contributed by atoms with Crippen LogP contribution < -0.4 is 26.4 Å². The van der Waals surface area contributed by atoms with Crippen molar-refractivity contribution >= 4 is 22.3 Å². The lowest BCUT2D eigenvalue weighted by molar-refractivity contribution is -0.164. The minimum absolute atomic E-state index is 0.0104. The van der Waals surface area contributed by atoms with Gasteiger partial charge in [0.2, 0.25) is 0 Å². The number of aromatic nitrogens is 1. The zero-order valence-corrected chi connectivity index (χ0v) is 48.8. The van der Waals surface area contributed by atoms with Crippen LogP contribution in [0.3, 0.4) is 0 Å². The van der Waals surface area contributed by atoms with Crippen molar-refractivity contribution < 1.29 is 45.0 Å². The van der Waals surface area contributed by atoms with Gasteiger partial charge in [-0.3, -0.25) is 9.59 Å². The first-order valence-corrected chi connectivity index (χ1v) is 31.6. The molecule has 5 fully saturated rings. The summed E-state index contributed by atoms with van der Waals surface area (Å²) in [6, 6.07) is 20.2. The number of ether oxygens (including phenoxy) is 1. The number of rotatable bonds is 16. The summed E-state index contributed by atoms with van der Waals surface area (Å²) in [5.41, 5.74) is 11.9. The Labute approximate surface area is 489 Å². The molecule has 0 unspecified atom stereocenters. The molecule has 2 spiro atoms. The number of methoxy groups -OCH3 is 1. The maximum absolute atomic E-state index is 15.3. The number of phenols is 1. The first-order valence-electron chi connectivity index (χ1n) is 31.6. The monoisotopic (exact) mass is 1130 g/mol. The van der Waals surface area contributed by atoms with Crippen LogP contribution in [0, 0.1) is 58.7 Å².